The van der Waals surface area contributed by atoms with E-state index in [0.717, 1.165) is 11.0 Å². The molecule has 2 amide bonds. The van der Waals surface area contributed by atoms with Gasteiger partial charge in [0.15, 0.2) is 6.61 Å². The summed E-state index contributed by atoms with van der Waals surface area (Å²) >= 11 is 0. The number of alkyl halides is 2. The Kier molecular flexibility index (Phi) is 5.57. The number of carbonyl (C=O) groups excluding carboxylic acids is 2. The molecule has 29 heavy (non-hydrogen) atoms. The number of halogens is 2. The van der Waals surface area contributed by atoms with Crippen molar-refractivity contribution in [2.75, 3.05) is 23.4 Å². The van der Waals surface area contributed by atoms with Crippen molar-refractivity contribution in [3.63, 3.8) is 0 Å². The zero-order valence-electron chi connectivity index (χ0n) is 15.1. The minimum Gasteiger partial charge on any atom is -0.482 e. The maximum absolute atomic E-state index is 12.5. The van der Waals surface area contributed by atoms with Crippen LogP contribution in [0.15, 0.2) is 36.4 Å². The van der Waals surface area contributed by atoms with Gasteiger partial charge in [-0.2, -0.15) is 8.78 Å². The lowest BCUT2D eigenvalue weighted by Gasteiger charge is -2.28. The second-order valence-corrected chi connectivity index (χ2v) is 6.03. The van der Waals surface area contributed by atoms with Crippen molar-refractivity contribution >= 4 is 28.9 Å². The summed E-state index contributed by atoms with van der Waals surface area (Å²) in [4.78, 5) is 36.1. The number of anilines is 2. The van der Waals surface area contributed by atoms with Crippen LogP contribution in [0.3, 0.4) is 0 Å². The summed E-state index contributed by atoms with van der Waals surface area (Å²) < 4.78 is 34.6. The summed E-state index contributed by atoms with van der Waals surface area (Å²) in [5, 5.41) is 13.5. The zero-order valence-corrected chi connectivity index (χ0v) is 15.1. The summed E-state index contributed by atoms with van der Waals surface area (Å²) in [6.45, 7) is -2.30. The minimum absolute atomic E-state index is 0.0945. The van der Waals surface area contributed by atoms with Crippen molar-refractivity contribution in [2.24, 2.45) is 0 Å². The van der Waals surface area contributed by atoms with Crippen LogP contribution in [0.1, 0.15) is 5.56 Å². The van der Waals surface area contributed by atoms with Gasteiger partial charge in [0.25, 0.3) is 11.6 Å². The number of nitrogens with zero attached hydrogens (tertiary/aromatic N) is 2. The number of carbonyl (C=O) groups is 2. The summed E-state index contributed by atoms with van der Waals surface area (Å²) in [5.41, 5.74) is 0.343. The summed E-state index contributed by atoms with van der Waals surface area (Å²) in [6.07, 6.45) is 0. The molecule has 0 bridgehead atoms. The maximum atomic E-state index is 12.5. The average molecular weight is 407 g/mol. The summed E-state index contributed by atoms with van der Waals surface area (Å²) in [5.74, 6) is -1.05. The average Bonchev–Trinajstić information content (AvgIpc) is 2.66. The van der Waals surface area contributed by atoms with Crippen molar-refractivity contribution in [3.05, 3.63) is 52.1 Å². The molecule has 0 fully saturated rings. The van der Waals surface area contributed by atoms with Gasteiger partial charge < -0.3 is 14.8 Å². The molecule has 11 heteroatoms. The third-order valence-electron chi connectivity index (χ3n) is 4.17. The fourth-order valence-electron chi connectivity index (χ4n) is 2.78. The third-order valence-corrected chi connectivity index (χ3v) is 4.17. The molecular weight excluding hydrogens is 392 g/mol. The predicted octanol–water partition coefficient (Wildman–Crippen LogP) is 2.87. The molecule has 0 atom stereocenters. The Balaban J connectivity index is 1.80. The van der Waals surface area contributed by atoms with Crippen molar-refractivity contribution in [1.29, 1.82) is 0 Å². The van der Waals surface area contributed by atoms with Crippen LogP contribution in [-0.2, 0) is 9.59 Å². The lowest BCUT2D eigenvalue weighted by Crippen LogP contribution is -2.43. The van der Waals surface area contributed by atoms with E-state index >= 15 is 0 Å². The number of fused-ring (bicyclic) bond motifs is 1. The van der Waals surface area contributed by atoms with Crippen LogP contribution in [0.25, 0.3) is 0 Å². The molecule has 0 saturated carbocycles. The van der Waals surface area contributed by atoms with E-state index in [4.69, 9.17) is 4.74 Å². The van der Waals surface area contributed by atoms with Crippen molar-refractivity contribution in [2.45, 2.75) is 13.5 Å². The molecule has 9 nitrogen and oxygen atoms in total. The highest BCUT2D eigenvalue weighted by Crippen LogP contribution is 2.35. The molecule has 1 aliphatic rings. The first kappa shape index (κ1) is 20.0. The Morgan fingerprint density at radius 2 is 2.14 bits per heavy atom. The van der Waals surface area contributed by atoms with Crippen molar-refractivity contribution in [3.8, 4) is 11.5 Å². The largest absolute Gasteiger partial charge is 0.482 e. The van der Waals surface area contributed by atoms with E-state index < -0.39 is 29.9 Å². The Morgan fingerprint density at radius 1 is 1.38 bits per heavy atom. The number of ether oxygens (including phenoxy) is 2. The smallest absolute Gasteiger partial charge is 0.387 e. The zero-order chi connectivity index (χ0) is 21.1. The van der Waals surface area contributed by atoms with E-state index in [1.54, 1.807) is 0 Å². The van der Waals surface area contributed by atoms with Crippen LogP contribution in [0, 0.1) is 17.0 Å². The quantitative estimate of drug-likeness (QED) is 0.582. The van der Waals surface area contributed by atoms with E-state index in [-0.39, 0.29) is 40.7 Å². The van der Waals surface area contributed by atoms with E-state index in [2.05, 4.69) is 10.1 Å². The van der Waals surface area contributed by atoms with Gasteiger partial charge in [-0.15, -0.1) is 0 Å². The number of nitro benzene ring substituents is 1. The number of benzene rings is 2. The highest BCUT2D eigenvalue weighted by Gasteiger charge is 2.29. The summed E-state index contributed by atoms with van der Waals surface area (Å²) in [6, 6.07) is 7.97. The molecule has 0 radical (unpaired) electrons. The number of amides is 2. The van der Waals surface area contributed by atoms with Gasteiger partial charge in [0, 0.05) is 23.4 Å². The van der Waals surface area contributed by atoms with Gasteiger partial charge >= 0.3 is 6.61 Å². The third kappa shape index (κ3) is 4.39. The Morgan fingerprint density at radius 3 is 2.83 bits per heavy atom. The number of hydrogen-bond donors (Lipinski definition) is 1. The van der Waals surface area contributed by atoms with Crippen LogP contribution in [0.4, 0.5) is 25.8 Å². The standard InChI is InChI=1S/C18H15F2N3O6/c1-10-12(3-2-4-14(10)29-18(19)20)21-16(24)8-22-13-7-11(23(26)27)5-6-15(13)28-9-17(22)25/h2-7,18H,8-9H2,1H3,(H,21,24). The van der Waals surface area contributed by atoms with Gasteiger partial charge in [-0.05, 0) is 25.1 Å². The van der Waals surface area contributed by atoms with Crippen LogP contribution < -0.4 is 19.7 Å². The molecule has 1 heterocycles. The number of nitrogens with one attached hydrogen (secondary N) is 1. The van der Waals surface area contributed by atoms with Crippen LogP contribution in [0.2, 0.25) is 0 Å². The Bertz CT molecular complexity index is 982. The van der Waals surface area contributed by atoms with Crippen molar-refractivity contribution in [1.82, 2.24) is 0 Å². The normalized spacial score (nSPS) is 13.0. The highest BCUT2D eigenvalue weighted by molar-refractivity contribution is 6.05. The first-order chi connectivity index (χ1) is 13.8. The van der Waals surface area contributed by atoms with E-state index in [1.807, 2.05) is 0 Å². The Labute approximate surface area is 163 Å². The SMILES string of the molecule is Cc1c(NC(=O)CN2C(=O)COc3ccc([N+](=O)[O-])cc32)cccc1OC(F)F. The molecule has 2 aromatic rings. The molecule has 1 aliphatic heterocycles. The lowest BCUT2D eigenvalue weighted by atomic mass is 10.1. The molecule has 2 aromatic carbocycles. The lowest BCUT2D eigenvalue weighted by molar-refractivity contribution is -0.384. The summed E-state index contributed by atoms with van der Waals surface area (Å²) in [7, 11) is 0. The van der Waals surface area contributed by atoms with Crippen molar-refractivity contribution < 1.29 is 32.8 Å². The maximum Gasteiger partial charge on any atom is 0.387 e. The molecule has 3 rings (SSSR count). The number of hydrogen-bond acceptors (Lipinski definition) is 6. The number of rotatable bonds is 6. The van der Waals surface area contributed by atoms with Gasteiger partial charge in [-0.3, -0.25) is 24.6 Å². The van der Waals surface area contributed by atoms with Crippen LogP contribution in [-0.4, -0.2) is 36.5 Å². The molecule has 0 aromatic heterocycles. The fourth-order valence-corrected chi connectivity index (χ4v) is 2.78. The first-order valence-corrected chi connectivity index (χ1v) is 8.32. The molecule has 0 unspecified atom stereocenters. The Hall–Kier alpha value is -3.76. The van der Waals surface area contributed by atoms with Gasteiger partial charge in [-0.1, -0.05) is 6.07 Å². The van der Waals surface area contributed by atoms with Gasteiger partial charge in [0.05, 0.1) is 10.6 Å². The first-order valence-electron chi connectivity index (χ1n) is 8.32. The molecule has 0 spiro atoms. The molecule has 1 N–H and O–H groups in total. The van der Waals surface area contributed by atoms with Crippen LogP contribution in [0.5, 0.6) is 11.5 Å². The van der Waals surface area contributed by atoms with Gasteiger partial charge in [0.2, 0.25) is 5.91 Å². The van der Waals surface area contributed by atoms with E-state index in [9.17, 15) is 28.5 Å². The fraction of sp³-hybridized carbons (Fsp3) is 0.222. The molecular formula is C18H15F2N3O6. The molecule has 152 valence electrons. The number of nitro groups is 1. The number of non-ortho nitro benzene ring substituents is 1. The highest BCUT2D eigenvalue weighted by atomic mass is 19.3. The predicted molar refractivity (Wildman–Crippen MR) is 97.4 cm³/mol. The molecule has 0 saturated heterocycles. The van der Waals surface area contributed by atoms with Gasteiger partial charge in [-0.25, -0.2) is 0 Å². The molecule has 0 aliphatic carbocycles. The topological polar surface area (TPSA) is 111 Å². The second-order valence-electron chi connectivity index (χ2n) is 6.03. The van der Waals surface area contributed by atoms with Gasteiger partial charge in [0.1, 0.15) is 18.0 Å². The monoisotopic (exact) mass is 407 g/mol. The second kappa shape index (κ2) is 8.09. The minimum atomic E-state index is -3.02. The van der Waals surface area contributed by atoms with E-state index in [0.29, 0.717) is 0 Å². The van der Waals surface area contributed by atoms with Crippen LogP contribution >= 0.6 is 0 Å². The van der Waals surface area contributed by atoms with E-state index in [1.165, 1.54) is 37.3 Å².